The lowest BCUT2D eigenvalue weighted by atomic mass is 9.77. The SMILES string of the molecule is O=C([O-])[C@@H]1[C@@H]2C=C[C@]3(CN(CCc4ccccc4)C(=O)[C@H]13)O2. The van der Waals surface area contributed by atoms with E-state index in [2.05, 4.69) is 0 Å². The molecule has 3 aliphatic rings. The maximum Gasteiger partial charge on any atom is 0.229 e. The van der Waals surface area contributed by atoms with Crippen LogP contribution >= 0.6 is 0 Å². The Bertz CT molecular complexity index is 656. The van der Waals surface area contributed by atoms with Crippen LogP contribution in [0.2, 0.25) is 0 Å². The highest BCUT2D eigenvalue weighted by Gasteiger charge is 2.65. The number of aliphatic carboxylic acids is 1. The molecule has 0 unspecified atom stereocenters. The molecule has 4 rings (SSSR count). The second-order valence-corrected chi connectivity index (χ2v) is 6.21. The molecule has 1 spiro atoms. The Labute approximate surface area is 128 Å². The summed E-state index contributed by atoms with van der Waals surface area (Å²) in [5.41, 5.74) is 0.394. The molecule has 3 heterocycles. The molecule has 3 aliphatic heterocycles. The van der Waals surface area contributed by atoms with Gasteiger partial charge in [0, 0.05) is 18.4 Å². The molecular formula is C17H16NO4-. The Kier molecular flexibility index (Phi) is 2.87. The van der Waals surface area contributed by atoms with Gasteiger partial charge in [-0.2, -0.15) is 0 Å². The first-order valence-electron chi connectivity index (χ1n) is 7.51. The van der Waals surface area contributed by atoms with Crippen molar-refractivity contribution in [2.24, 2.45) is 11.8 Å². The van der Waals surface area contributed by atoms with Crippen molar-refractivity contribution in [2.75, 3.05) is 13.1 Å². The van der Waals surface area contributed by atoms with Crippen LogP contribution in [0.25, 0.3) is 0 Å². The number of hydrogen-bond donors (Lipinski definition) is 0. The molecule has 22 heavy (non-hydrogen) atoms. The van der Waals surface area contributed by atoms with Crippen molar-refractivity contribution >= 4 is 11.9 Å². The second kappa shape index (κ2) is 4.68. The van der Waals surface area contributed by atoms with Gasteiger partial charge in [0.2, 0.25) is 5.91 Å². The predicted octanol–water partition coefficient (Wildman–Crippen LogP) is -0.239. The van der Waals surface area contributed by atoms with Crippen molar-refractivity contribution in [1.29, 1.82) is 0 Å². The van der Waals surface area contributed by atoms with Crippen molar-refractivity contribution in [2.45, 2.75) is 18.1 Å². The summed E-state index contributed by atoms with van der Waals surface area (Å²) in [6.07, 6.45) is 3.85. The normalized spacial score (nSPS) is 35.2. The van der Waals surface area contributed by atoms with Crippen LogP contribution in [0.5, 0.6) is 0 Å². The Morgan fingerprint density at radius 2 is 2.14 bits per heavy atom. The van der Waals surface area contributed by atoms with Crippen LogP contribution in [0, 0.1) is 11.8 Å². The Morgan fingerprint density at radius 1 is 1.36 bits per heavy atom. The minimum Gasteiger partial charge on any atom is -0.550 e. The molecule has 2 fully saturated rings. The standard InChI is InChI=1S/C17H17NO4/c19-15-14-13(16(20)21)12-6-8-17(14,22-12)10-18(15)9-7-11-4-2-1-3-5-11/h1-6,8,12-14H,7,9-10H2,(H,20,21)/p-1/t12-,13+,14-,17+/m0/s1. The number of benzene rings is 1. The van der Waals surface area contributed by atoms with Gasteiger partial charge in [-0.3, -0.25) is 4.79 Å². The Morgan fingerprint density at radius 3 is 2.86 bits per heavy atom. The smallest absolute Gasteiger partial charge is 0.229 e. The molecule has 5 heteroatoms. The molecular weight excluding hydrogens is 282 g/mol. The van der Waals surface area contributed by atoms with Crippen LogP contribution in [-0.4, -0.2) is 41.6 Å². The summed E-state index contributed by atoms with van der Waals surface area (Å²) in [6.45, 7) is 1.00. The zero-order valence-corrected chi connectivity index (χ0v) is 12.0. The van der Waals surface area contributed by atoms with Crippen molar-refractivity contribution in [3.63, 3.8) is 0 Å². The van der Waals surface area contributed by atoms with Crippen LogP contribution < -0.4 is 5.11 Å². The summed E-state index contributed by atoms with van der Waals surface area (Å²) in [6, 6.07) is 9.93. The lowest BCUT2D eigenvalue weighted by Crippen LogP contribution is -2.45. The zero-order chi connectivity index (χ0) is 15.3. The molecule has 0 saturated carbocycles. The third kappa shape index (κ3) is 1.82. The summed E-state index contributed by atoms with van der Waals surface area (Å²) in [7, 11) is 0. The first kappa shape index (κ1) is 13.5. The third-order valence-corrected chi connectivity index (χ3v) is 4.96. The number of fused-ring (bicyclic) bond motifs is 1. The number of carboxylic acids is 1. The van der Waals surface area contributed by atoms with E-state index in [4.69, 9.17) is 4.74 Å². The van der Waals surface area contributed by atoms with Crippen molar-refractivity contribution in [3.8, 4) is 0 Å². The van der Waals surface area contributed by atoms with Gasteiger partial charge in [-0.15, -0.1) is 0 Å². The fourth-order valence-electron chi connectivity index (χ4n) is 3.95. The van der Waals surface area contributed by atoms with Gasteiger partial charge in [0.1, 0.15) is 5.60 Å². The number of carboxylic acid groups (broad SMARTS) is 1. The van der Waals surface area contributed by atoms with Gasteiger partial charge < -0.3 is 19.5 Å². The molecule has 2 saturated heterocycles. The van der Waals surface area contributed by atoms with E-state index in [1.807, 2.05) is 36.4 Å². The predicted molar refractivity (Wildman–Crippen MR) is 75.5 cm³/mol. The summed E-state index contributed by atoms with van der Waals surface area (Å²) in [5.74, 6) is -2.82. The lowest BCUT2D eigenvalue weighted by Gasteiger charge is -2.24. The molecule has 114 valence electrons. The maximum absolute atomic E-state index is 12.6. The van der Waals surface area contributed by atoms with Crippen LogP contribution in [0.4, 0.5) is 0 Å². The second-order valence-electron chi connectivity index (χ2n) is 6.21. The van der Waals surface area contributed by atoms with E-state index in [-0.39, 0.29) is 5.91 Å². The van der Waals surface area contributed by atoms with Crippen LogP contribution in [0.15, 0.2) is 42.5 Å². The van der Waals surface area contributed by atoms with E-state index < -0.39 is 29.5 Å². The molecule has 1 amide bonds. The van der Waals surface area contributed by atoms with Gasteiger partial charge in [0.25, 0.3) is 0 Å². The molecule has 0 N–H and O–H groups in total. The van der Waals surface area contributed by atoms with Crippen molar-refractivity contribution in [3.05, 3.63) is 48.0 Å². The van der Waals surface area contributed by atoms with Gasteiger partial charge in [-0.05, 0) is 12.0 Å². The van der Waals surface area contributed by atoms with E-state index in [0.29, 0.717) is 13.1 Å². The Hall–Kier alpha value is -2.14. The first-order valence-corrected chi connectivity index (χ1v) is 7.51. The average molecular weight is 298 g/mol. The molecule has 0 aliphatic carbocycles. The quantitative estimate of drug-likeness (QED) is 0.720. The molecule has 0 radical (unpaired) electrons. The number of carbonyl (C=O) groups excluding carboxylic acids is 2. The largest absolute Gasteiger partial charge is 0.550 e. The van der Waals surface area contributed by atoms with Gasteiger partial charge in [-0.1, -0.05) is 42.5 Å². The minimum absolute atomic E-state index is 0.128. The topological polar surface area (TPSA) is 69.7 Å². The highest BCUT2D eigenvalue weighted by atomic mass is 16.5. The highest BCUT2D eigenvalue weighted by molar-refractivity contribution is 5.90. The van der Waals surface area contributed by atoms with Gasteiger partial charge >= 0.3 is 0 Å². The van der Waals surface area contributed by atoms with Gasteiger partial charge in [0.15, 0.2) is 0 Å². The number of carbonyl (C=O) groups is 2. The molecule has 1 aromatic rings. The van der Waals surface area contributed by atoms with E-state index in [1.165, 1.54) is 0 Å². The molecule has 1 aromatic carbocycles. The van der Waals surface area contributed by atoms with E-state index in [1.54, 1.807) is 11.0 Å². The molecule has 0 aromatic heterocycles. The van der Waals surface area contributed by atoms with Crippen molar-refractivity contribution < 1.29 is 19.4 Å². The number of rotatable bonds is 4. The fraction of sp³-hybridized carbons (Fsp3) is 0.412. The fourth-order valence-corrected chi connectivity index (χ4v) is 3.95. The number of hydrogen-bond acceptors (Lipinski definition) is 4. The zero-order valence-electron chi connectivity index (χ0n) is 12.0. The number of likely N-dealkylation sites (tertiary alicyclic amines) is 1. The maximum atomic E-state index is 12.6. The van der Waals surface area contributed by atoms with Crippen molar-refractivity contribution in [1.82, 2.24) is 4.90 Å². The van der Waals surface area contributed by atoms with Crippen LogP contribution in [-0.2, 0) is 20.7 Å². The number of nitrogens with zero attached hydrogens (tertiary/aromatic N) is 1. The molecule has 5 nitrogen and oxygen atoms in total. The van der Waals surface area contributed by atoms with Crippen LogP contribution in [0.3, 0.4) is 0 Å². The third-order valence-electron chi connectivity index (χ3n) is 4.96. The van der Waals surface area contributed by atoms with Gasteiger partial charge in [0.05, 0.1) is 18.6 Å². The summed E-state index contributed by atoms with van der Waals surface area (Å²) in [4.78, 5) is 25.7. The van der Waals surface area contributed by atoms with Gasteiger partial charge in [-0.25, -0.2) is 0 Å². The summed E-state index contributed by atoms with van der Waals surface area (Å²) >= 11 is 0. The molecule has 2 bridgehead atoms. The molecule has 4 atom stereocenters. The monoisotopic (exact) mass is 298 g/mol. The number of ether oxygens (including phenoxy) is 1. The lowest BCUT2D eigenvalue weighted by molar-refractivity contribution is -0.313. The van der Waals surface area contributed by atoms with E-state index in [0.717, 1.165) is 12.0 Å². The summed E-state index contributed by atoms with van der Waals surface area (Å²) in [5, 5.41) is 11.4. The minimum atomic E-state index is -1.19. The van der Waals surface area contributed by atoms with E-state index in [9.17, 15) is 14.7 Å². The Balaban J connectivity index is 1.53. The van der Waals surface area contributed by atoms with E-state index >= 15 is 0 Å². The average Bonchev–Trinajstić information content (AvgIpc) is 3.14. The highest BCUT2D eigenvalue weighted by Crippen LogP contribution is 2.51. The first-order chi connectivity index (χ1) is 10.6. The number of amides is 1. The van der Waals surface area contributed by atoms with Crippen LogP contribution in [0.1, 0.15) is 5.56 Å². The summed E-state index contributed by atoms with van der Waals surface area (Å²) < 4.78 is 5.82.